The summed E-state index contributed by atoms with van der Waals surface area (Å²) in [7, 11) is 0. The Labute approximate surface area is 112 Å². The molecule has 0 unspecified atom stereocenters. The highest BCUT2D eigenvalue weighted by Gasteiger charge is 2.19. The fourth-order valence-electron chi connectivity index (χ4n) is 2.66. The van der Waals surface area contributed by atoms with Crippen LogP contribution in [0.25, 0.3) is 10.6 Å². The van der Waals surface area contributed by atoms with E-state index in [1.54, 1.807) is 11.3 Å². The molecule has 2 N–H and O–H groups in total. The molecule has 0 radical (unpaired) electrons. The van der Waals surface area contributed by atoms with Gasteiger partial charge in [0.15, 0.2) is 0 Å². The summed E-state index contributed by atoms with van der Waals surface area (Å²) < 4.78 is 0. The van der Waals surface area contributed by atoms with Gasteiger partial charge in [-0.3, -0.25) is 0 Å². The van der Waals surface area contributed by atoms with Crippen molar-refractivity contribution in [2.24, 2.45) is 5.73 Å². The SMILES string of the molecule is NCc1cccc(-c2nc(C3CCCC3)cs2)c1. The zero-order valence-corrected chi connectivity index (χ0v) is 11.2. The Kier molecular flexibility index (Phi) is 3.43. The average molecular weight is 258 g/mol. The van der Waals surface area contributed by atoms with Crippen LogP contribution in [0.5, 0.6) is 0 Å². The third-order valence-electron chi connectivity index (χ3n) is 3.71. The lowest BCUT2D eigenvalue weighted by Gasteiger charge is -2.03. The summed E-state index contributed by atoms with van der Waals surface area (Å²) in [4.78, 5) is 4.82. The number of nitrogens with two attached hydrogens (primary N) is 1. The summed E-state index contributed by atoms with van der Waals surface area (Å²) in [6.45, 7) is 0.592. The summed E-state index contributed by atoms with van der Waals surface area (Å²) in [6.07, 6.45) is 5.35. The molecule has 0 aliphatic heterocycles. The van der Waals surface area contributed by atoms with Gasteiger partial charge in [0.05, 0.1) is 5.69 Å². The summed E-state index contributed by atoms with van der Waals surface area (Å²) in [5.41, 5.74) is 9.35. The largest absolute Gasteiger partial charge is 0.326 e. The molecular formula is C15H18N2S. The summed E-state index contributed by atoms with van der Waals surface area (Å²) >= 11 is 1.76. The first-order valence-electron chi connectivity index (χ1n) is 6.61. The lowest BCUT2D eigenvalue weighted by molar-refractivity contribution is 0.704. The predicted molar refractivity (Wildman–Crippen MR) is 76.7 cm³/mol. The van der Waals surface area contributed by atoms with Gasteiger partial charge in [0.1, 0.15) is 5.01 Å². The molecule has 18 heavy (non-hydrogen) atoms. The predicted octanol–water partition coefficient (Wildman–Crippen LogP) is 3.93. The number of thiazole rings is 1. The molecule has 3 rings (SSSR count). The normalized spacial score (nSPS) is 16.3. The second kappa shape index (κ2) is 5.21. The van der Waals surface area contributed by atoms with E-state index in [0.29, 0.717) is 12.5 Å². The highest BCUT2D eigenvalue weighted by molar-refractivity contribution is 7.13. The first-order chi connectivity index (χ1) is 8.86. The van der Waals surface area contributed by atoms with Crippen molar-refractivity contribution in [3.8, 4) is 10.6 Å². The number of hydrogen-bond acceptors (Lipinski definition) is 3. The maximum Gasteiger partial charge on any atom is 0.123 e. The van der Waals surface area contributed by atoms with Gasteiger partial charge in [-0.2, -0.15) is 0 Å². The van der Waals surface area contributed by atoms with Gasteiger partial charge in [0.25, 0.3) is 0 Å². The average Bonchev–Trinajstić information content (AvgIpc) is 3.09. The van der Waals surface area contributed by atoms with E-state index < -0.39 is 0 Å². The van der Waals surface area contributed by atoms with Gasteiger partial charge in [-0.05, 0) is 24.5 Å². The molecule has 2 nitrogen and oxygen atoms in total. The van der Waals surface area contributed by atoms with E-state index in [4.69, 9.17) is 10.7 Å². The van der Waals surface area contributed by atoms with Crippen LogP contribution < -0.4 is 5.73 Å². The minimum Gasteiger partial charge on any atom is -0.326 e. The van der Waals surface area contributed by atoms with E-state index in [-0.39, 0.29) is 0 Å². The molecule has 1 heterocycles. The lowest BCUT2D eigenvalue weighted by atomic mass is 10.1. The molecule has 0 amide bonds. The maximum atomic E-state index is 5.68. The Morgan fingerprint density at radius 3 is 2.89 bits per heavy atom. The third kappa shape index (κ3) is 2.33. The number of aromatic nitrogens is 1. The van der Waals surface area contributed by atoms with Crippen LogP contribution in [0.2, 0.25) is 0 Å². The van der Waals surface area contributed by atoms with E-state index >= 15 is 0 Å². The van der Waals surface area contributed by atoms with E-state index in [2.05, 4.69) is 29.6 Å². The highest BCUT2D eigenvalue weighted by atomic mass is 32.1. The molecule has 1 fully saturated rings. The van der Waals surface area contributed by atoms with Crippen molar-refractivity contribution in [2.75, 3.05) is 0 Å². The lowest BCUT2D eigenvalue weighted by Crippen LogP contribution is -1.96. The third-order valence-corrected chi connectivity index (χ3v) is 4.61. The van der Waals surface area contributed by atoms with Crippen molar-refractivity contribution in [1.29, 1.82) is 0 Å². The first kappa shape index (κ1) is 11.9. The molecule has 94 valence electrons. The molecule has 1 aliphatic carbocycles. The van der Waals surface area contributed by atoms with E-state index in [9.17, 15) is 0 Å². The zero-order valence-electron chi connectivity index (χ0n) is 10.4. The molecule has 0 bridgehead atoms. The van der Waals surface area contributed by atoms with Gasteiger partial charge in [0, 0.05) is 23.4 Å². The Morgan fingerprint density at radius 2 is 2.11 bits per heavy atom. The van der Waals surface area contributed by atoms with Crippen LogP contribution in [-0.4, -0.2) is 4.98 Å². The molecule has 1 aliphatic rings. The minimum atomic E-state index is 0.592. The van der Waals surface area contributed by atoms with E-state index in [1.807, 2.05) is 0 Å². The molecule has 1 aromatic carbocycles. The van der Waals surface area contributed by atoms with Crippen LogP contribution in [0.1, 0.15) is 42.9 Å². The van der Waals surface area contributed by atoms with Gasteiger partial charge < -0.3 is 5.73 Å². The van der Waals surface area contributed by atoms with Crippen LogP contribution in [0, 0.1) is 0 Å². The van der Waals surface area contributed by atoms with Crippen LogP contribution in [-0.2, 0) is 6.54 Å². The molecule has 1 aromatic heterocycles. The van der Waals surface area contributed by atoms with Crippen LogP contribution >= 0.6 is 11.3 Å². The van der Waals surface area contributed by atoms with Gasteiger partial charge >= 0.3 is 0 Å². The van der Waals surface area contributed by atoms with Gasteiger partial charge in [-0.15, -0.1) is 11.3 Å². The smallest absolute Gasteiger partial charge is 0.123 e. The van der Waals surface area contributed by atoms with Crippen molar-refractivity contribution in [2.45, 2.75) is 38.1 Å². The Morgan fingerprint density at radius 1 is 1.28 bits per heavy atom. The summed E-state index contributed by atoms with van der Waals surface area (Å²) in [5.74, 6) is 0.702. The molecule has 0 saturated heterocycles. The number of nitrogens with zero attached hydrogens (tertiary/aromatic N) is 1. The minimum absolute atomic E-state index is 0.592. The molecule has 1 saturated carbocycles. The monoisotopic (exact) mass is 258 g/mol. The molecule has 0 atom stereocenters. The number of hydrogen-bond donors (Lipinski definition) is 1. The van der Waals surface area contributed by atoms with Crippen molar-refractivity contribution < 1.29 is 0 Å². The quantitative estimate of drug-likeness (QED) is 0.906. The van der Waals surface area contributed by atoms with E-state index in [1.165, 1.54) is 42.5 Å². The fraction of sp³-hybridized carbons (Fsp3) is 0.400. The fourth-order valence-corrected chi connectivity index (χ4v) is 3.56. The Hall–Kier alpha value is -1.19. The second-order valence-corrected chi connectivity index (χ2v) is 5.82. The van der Waals surface area contributed by atoms with Gasteiger partial charge in [-0.25, -0.2) is 4.98 Å². The number of benzene rings is 1. The topological polar surface area (TPSA) is 38.9 Å². The Balaban J connectivity index is 1.87. The maximum absolute atomic E-state index is 5.68. The van der Waals surface area contributed by atoms with Crippen molar-refractivity contribution in [3.63, 3.8) is 0 Å². The zero-order chi connectivity index (χ0) is 12.4. The van der Waals surface area contributed by atoms with Crippen molar-refractivity contribution in [1.82, 2.24) is 4.98 Å². The molecule has 0 spiro atoms. The first-order valence-corrected chi connectivity index (χ1v) is 7.49. The highest BCUT2D eigenvalue weighted by Crippen LogP contribution is 2.36. The second-order valence-electron chi connectivity index (χ2n) is 4.96. The van der Waals surface area contributed by atoms with Crippen molar-refractivity contribution in [3.05, 3.63) is 40.9 Å². The summed E-state index contributed by atoms with van der Waals surface area (Å²) in [6, 6.07) is 8.40. The van der Waals surface area contributed by atoms with Crippen LogP contribution in [0.15, 0.2) is 29.6 Å². The van der Waals surface area contributed by atoms with Gasteiger partial charge in [0.2, 0.25) is 0 Å². The van der Waals surface area contributed by atoms with E-state index in [0.717, 1.165) is 5.01 Å². The van der Waals surface area contributed by atoms with Crippen LogP contribution in [0.4, 0.5) is 0 Å². The standard InChI is InChI=1S/C15H18N2S/c16-9-11-4-3-7-13(8-11)15-17-14(10-18-15)12-5-1-2-6-12/h3-4,7-8,10,12H,1-2,5-6,9,16H2. The number of rotatable bonds is 3. The molecule has 2 aromatic rings. The molecule has 3 heteroatoms. The van der Waals surface area contributed by atoms with Crippen molar-refractivity contribution >= 4 is 11.3 Å². The summed E-state index contributed by atoms with van der Waals surface area (Å²) in [5, 5.41) is 3.37. The van der Waals surface area contributed by atoms with Crippen LogP contribution in [0.3, 0.4) is 0 Å². The van der Waals surface area contributed by atoms with Gasteiger partial charge in [-0.1, -0.05) is 31.0 Å². The Bertz CT molecular complexity index is 527. The molecular weight excluding hydrogens is 240 g/mol.